The number of nitrogens with two attached hydrogens (primary N) is 1. The number of methoxy groups -OCH3 is 1. The van der Waals surface area contributed by atoms with Gasteiger partial charge < -0.3 is 10.5 Å². The molecule has 0 aromatic heterocycles. The fourth-order valence-electron chi connectivity index (χ4n) is 2.63. The lowest BCUT2D eigenvalue weighted by atomic mass is 10.1. The number of amides is 4. The maximum atomic E-state index is 12.4. The van der Waals surface area contributed by atoms with E-state index in [0.29, 0.717) is 12.3 Å². The first kappa shape index (κ1) is 13.1. The molecule has 1 aromatic carbocycles. The molecule has 2 heterocycles. The number of benzene rings is 1. The summed E-state index contributed by atoms with van der Waals surface area (Å²) in [5.74, 6) is 0.683. The molecule has 0 saturated carbocycles. The van der Waals surface area contributed by atoms with Crippen LogP contribution in [0.1, 0.15) is 6.92 Å². The van der Waals surface area contributed by atoms with Gasteiger partial charge in [-0.25, -0.2) is 14.5 Å². The van der Waals surface area contributed by atoms with Gasteiger partial charge in [-0.15, -0.1) is 11.8 Å². The van der Waals surface area contributed by atoms with Gasteiger partial charge >= 0.3 is 12.1 Å². The largest absolute Gasteiger partial charge is 0.497 e. The zero-order valence-corrected chi connectivity index (χ0v) is 12.0. The van der Waals surface area contributed by atoms with Gasteiger partial charge in [0.1, 0.15) is 5.75 Å². The molecule has 20 heavy (non-hydrogen) atoms. The first-order chi connectivity index (χ1) is 9.52. The molecule has 3 rings (SSSR count). The van der Waals surface area contributed by atoms with Gasteiger partial charge in [0.25, 0.3) is 0 Å². The molecule has 1 aromatic rings. The van der Waals surface area contributed by atoms with Crippen molar-refractivity contribution < 1.29 is 14.3 Å². The van der Waals surface area contributed by atoms with Crippen LogP contribution in [-0.4, -0.2) is 41.9 Å². The molecule has 2 aliphatic rings. The summed E-state index contributed by atoms with van der Waals surface area (Å²) in [4.78, 5) is 27.5. The average molecular weight is 293 g/mol. The third-order valence-corrected chi connectivity index (χ3v) is 4.97. The lowest BCUT2D eigenvalue weighted by Gasteiger charge is -2.34. The molecule has 106 valence electrons. The summed E-state index contributed by atoms with van der Waals surface area (Å²) in [7, 11) is 1.58. The molecular weight excluding hydrogens is 278 g/mol. The number of thioether (sulfide) groups is 1. The van der Waals surface area contributed by atoms with Gasteiger partial charge in [-0.2, -0.15) is 0 Å². The van der Waals surface area contributed by atoms with E-state index in [9.17, 15) is 9.59 Å². The fraction of sp³-hybridized carbons (Fsp3) is 0.385. The first-order valence-electron chi connectivity index (χ1n) is 6.27. The molecule has 2 N–H and O–H groups in total. The summed E-state index contributed by atoms with van der Waals surface area (Å²) in [6.45, 7) is 2.38. The molecule has 2 unspecified atom stereocenters. The van der Waals surface area contributed by atoms with Gasteiger partial charge in [-0.1, -0.05) is 6.92 Å². The van der Waals surface area contributed by atoms with Crippen molar-refractivity contribution in [1.29, 1.82) is 0 Å². The van der Waals surface area contributed by atoms with E-state index in [-0.39, 0.29) is 17.3 Å². The second-order valence-electron chi connectivity index (χ2n) is 4.83. The number of ether oxygens (including phenoxy) is 1. The predicted molar refractivity (Wildman–Crippen MR) is 76.3 cm³/mol. The fourth-order valence-corrected chi connectivity index (χ4v) is 3.82. The highest BCUT2D eigenvalue weighted by Crippen LogP contribution is 2.45. The first-order valence-corrected chi connectivity index (χ1v) is 7.15. The number of hydrogen-bond acceptors (Lipinski definition) is 4. The second-order valence-corrected chi connectivity index (χ2v) is 6.24. The van der Waals surface area contributed by atoms with E-state index in [1.807, 2.05) is 25.1 Å². The highest BCUT2D eigenvalue weighted by molar-refractivity contribution is 8.00. The molecule has 1 saturated heterocycles. The number of carbonyl (C=O) groups excluding carboxylic acids is 2. The lowest BCUT2D eigenvalue weighted by Crippen LogP contribution is -2.43. The minimum absolute atomic E-state index is 0.0559. The van der Waals surface area contributed by atoms with Gasteiger partial charge in [0.2, 0.25) is 0 Å². The molecule has 4 amide bonds. The Morgan fingerprint density at radius 3 is 2.90 bits per heavy atom. The van der Waals surface area contributed by atoms with Gasteiger partial charge in [-0.05, 0) is 12.1 Å². The molecular formula is C13H15N3O3S. The Bertz CT molecular complexity index is 592. The zero-order chi connectivity index (χ0) is 14.4. The zero-order valence-electron chi connectivity index (χ0n) is 11.2. The number of nitrogens with zero attached hydrogens (tertiary/aromatic N) is 2. The van der Waals surface area contributed by atoms with Crippen molar-refractivity contribution in [2.24, 2.45) is 5.73 Å². The van der Waals surface area contributed by atoms with Crippen LogP contribution in [0.2, 0.25) is 0 Å². The molecule has 0 radical (unpaired) electrons. The van der Waals surface area contributed by atoms with E-state index in [1.165, 1.54) is 0 Å². The lowest BCUT2D eigenvalue weighted by molar-refractivity contribution is 0.206. The Labute approximate surface area is 120 Å². The number of imide groups is 1. The van der Waals surface area contributed by atoms with Crippen LogP contribution in [0.25, 0.3) is 0 Å². The van der Waals surface area contributed by atoms with Crippen molar-refractivity contribution in [2.75, 3.05) is 18.6 Å². The van der Waals surface area contributed by atoms with Crippen molar-refractivity contribution in [3.05, 3.63) is 18.2 Å². The Morgan fingerprint density at radius 1 is 1.50 bits per heavy atom. The summed E-state index contributed by atoms with van der Waals surface area (Å²) in [5, 5.41) is 0.198. The van der Waals surface area contributed by atoms with Gasteiger partial charge in [-0.3, -0.25) is 4.90 Å². The molecule has 0 spiro atoms. The summed E-state index contributed by atoms with van der Waals surface area (Å²) >= 11 is 1.70. The Balaban J connectivity index is 2.07. The number of carbonyl (C=O) groups is 2. The van der Waals surface area contributed by atoms with Crippen LogP contribution in [0.5, 0.6) is 5.75 Å². The predicted octanol–water partition coefficient (Wildman–Crippen LogP) is 1.88. The van der Waals surface area contributed by atoms with Gasteiger partial charge in [0.05, 0.1) is 25.4 Å². The second kappa shape index (κ2) is 4.59. The highest BCUT2D eigenvalue weighted by atomic mass is 32.2. The maximum Gasteiger partial charge on any atom is 0.333 e. The maximum absolute atomic E-state index is 12.4. The summed E-state index contributed by atoms with van der Waals surface area (Å²) in [6.07, 6.45) is 0. The normalized spacial score (nSPS) is 24.4. The SMILES string of the molecule is COc1ccc2c(c1)N1C(=O)N(C(N)=O)CC1C(C)S2. The minimum Gasteiger partial charge on any atom is -0.497 e. The van der Waals surface area contributed by atoms with E-state index in [4.69, 9.17) is 10.5 Å². The van der Waals surface area contributed by atoms with Crippen LogP contribution >= 0.6 is 11.8 Å². The van der Waals surface area contributed by atoms with E-state index >= 15 is 0 Å². The number of hydrogen-bond donors (Lipinski definition) is 1. The molecule has 6 nitrogen and oxygen atoms in total. The standard InChI is InChI=1S/C13H15N3O3S/c1-7-10-6-15(12(14)17)13(18)16(10)9-5-8(19-2)3-4-11(9)20-7/h3-5,7,10H,6H2,1-2H3,(H2,14,17). The monoisotopic (exact) mass is 293 g/mol. The van der Waals surface area contributed by atoms with E-state index in [0.717, 1.165) is 15.5 Å². The molecule has 7 heteroatoms. The smallest absolute Gasteiger partial charge is 0.333 e. The number of primary amides is 1. The third-order valence-electron chi connectivity index (χ3n) is 3.68. The van der Waals surface area contributed by atoms with Crippen molar-refractivity contribution in [1.82, 2.24) is 4.90 Å². The van der Waals surface area contributed by atoms with Crippen LogP contribution in [0.4, 0.5) is 15.3 Å². The molecule has 0 aliphatic carbocycles. The summed E-state index contributed by atoms with van der Waals surface area (Å²) in [5.41, 5.74) is 6.06. The summed E-state index contributed by atoms with van der Waals surface area (Å²) < 4.78 is 5.21. The average Bonchev–Trinajstić information content (AvgIpc) is 2.78. The van der Waals surface area contributed by atoms with Gasteiger partial charge in [0, 0.05) is 16.2 Å². The Kier molecular flexibility index (Phi) is 3.01. The molecule has 1 fully saturated rings. The van der Waals surface area contributed by atoms with Crippen molar-refractivity contribution >= 4 is 29.5 Å². The number of urea groups is 2. The molecule has 0 bridgehead atoms. The van der Waals surface area contributed by atoms with Crippen LogP contribution in [0.15, 0.2) is 23.1 Å². The highest BCUT2D eigenvalue weighted by Gasteiger charge is 2.46. The molecule has 2 atom stereocenters. The number of rotatable bonds is 1. The van der Waals surface area contributed by atoms with Crippen LogP contribution in [-0.2, 0) is 0 Å². The van der Waals surface area contributed by atoms with Crippen LogP contribution in [0, 0.1) is 0 Å². The minimum atomic E-state index is -0.703. The quantitative estimate of drug-likeness (QED) is 0.857. The third kappa shape index (κ3) is 1.81. The number of anilines is 1. The van der Waals surface area contributed by atoms with Crippen molar-refractivity contribution in [2.45, 2.75) is 23.1 Å². The summed E-state index contributed by atoms with van der Waals surface area (Å²) in [6, 6.07) is 4.51. The number of fused-ring (bicyclic) bond motifs is 3. The Morgan fingerprint density at radius 2 is 2.25 bits per heavy atom. The van der Waals surface area contributed by atoms with E-state index in [1.54, 1.807) is 23.8 Å². The topological polar surface area (TPSA) is 75.9 Å². The van der Waals surface area contributed by atoms with Crippen molar-refractivity contribution in [3.8, 4) is 5.75 Å². The van der Waals surface area contributed by atoms with Crippen LogP contribution in [0.3, 0.4) is 0 Å². The van der Waals surface area contributed by atoms with Gasteiger partial charge in [0.15, 0.2) is 0 Å². The van der Waals surface area contributed by atoms with E-state index < -0.39 is 6.03 Å². The molecule has 2 aliphatic heterocycles. The van der Waals surface area contributed by atoms with Crippen molar-refractivity contribution in [3.63, 3.8) is 0 Å². The Hall–Kier alpha value is -1.89. The van der Waals surface area contributed by atoms with E-state index in [2.05, 4.69) is 0 Å². The van der Waals surface area contributed by atoms with Crippen LogP contribution < -0.4 is 15.4 Å².